The Morgan fingerprint density at radius 3 is 3.21 bits per heavy atom. The number of aromatic nitrogens is 1. The first-order valence-electron chi connectivity index (χ1n) is 4.45. The second-order valence-electron chi connectivity index (χ2n) is 3.29. The molecule has 3 rings (SSSR count). The van der Waals surface area contributed by atoms with E-state index in [9.17, 15) is 0 Å². The molecule has 1 aromatic rings. The molecule has 2 nitrogen and oxygen atoms in total. The van der Waals surface area contributed by atoms with Gasteiger partial charge >= 0.3 is 0 Å². The van der Waals surface area contributed by atoms with Crippen LogP contribution in [0, 0.1) is 0 Å². The van der Waals surface area contributed by atoms with Gasteiger partial charge in [0.25, 0.3) is 0 Å². The lowest BCUT2D eigenvalue weighted by atomic mass is 10.0. The summed E-state index contributed by atoms with van der Waals surface area (Å²) < 4.78 is 0. The third-order valence-corrected chi connectivity index (χ3v) is 2.76. The molecule has 3 heteroatoms. The second-order valence-corrected chi connectivity index (χ2v) is 3.69. The number of hydrogen-bond donors (Lipinski definition) is 0. The normalized spacial score (nSPS) is 17.9. The smallest absolute Gasteiger partial charge is 0.0865 e. The number of halogens is 1. The van der Waals surface area contributed by atoms with Crippen LogP contribution in [0.1, 0.15) is 6.42 Å². The van der Waals surface area contributed by atoms with Crippen molar-refractivity contribution in [2.75, 3.05) is 0 Å². The van der Waals surface area contributed by atoms with Crippen LogP contribution in [0.3, 0.4) is 0 Å². The fourth-order valence-corrected chi connectivity index (χ4v) is 2.04. The molecule has 2 aliphatic rings. The summed E-state index contributed by atoms with van der Waals surface area (Å²) in [5.74, 6) is 0. The third-order valence-electron chi connectivity index (χ3n) is 2.45. The van der Waals surface area contributed by atoms with Crippen molar-refractivity contribution < 1.29 is 0 Å². The molecule has 0 saturated heterocycles. The van der Waals surface area contributed by atoms with E-state index in [4.69, 9.17) is 11.6 Å². The van der Waals surface area contributed by atoms with Crippen molar-refractivity contribution in [1.29, 1.82) is 0 Å². The molecule has 14 heavy (non-hydrogen) atoms. The second kappa shape index (κ2) is 2.79. The molecule has 0 saturated carbocycles. The minimum atomic E-state index is 0.724. The van der Waals surface area contributed by atoms with Crippen molar-refractivity contribution in [1.82, 2.24) is 4.98 Å². The van der Waals surface area contributed by atoms with Crippen molar-refractivity contribution in [2.24, 2.45) is 4.99 Å². The fraction of sp³-hybridized carbons (Fsp3) is 0.0909. The molecule has 68 valence electrons. The topological polar surface area (TPSA) is 25.2 Å². The molecule has 0 bridgehead atoms. The molecule has 0 N–H and O–H groups in total. The summed E-state index contributed by atoms with van der Waals surface area (Å²) in [4.78, 5) is 8.58. The highest BCUT2D eigenvalue weighted by Crippen LogP contribution is 2.28. The average molecular weight is 203 g/mol. The van der Waals surface area contributed by atoms with Crippen molar-refractivity contribution in [3.8, 4) is 0 Å². The lowest BCUT2D eigenvalue weighted by molar-refractivity contribution is 1.23. The first-order valence-corrected chi connectivity index (χ1v) is 4.83. The van der Waals surface area contributed by atoms with Crippen molar-refractivity contribution in [2.45, 2.75) is 6.42 Å². The Labute approximate surface area is 86.0 Å². The quantitative estimate of drug-likeness (QED) is 0.622. The average Bonchev–Trinajstić information content (AvgIpc) is 2.59. The maximum atomic E-state index is 6.07. The van der Waals surface area contributed by atoms with E-state index in [1.165, 1.54) is 5.57 Å². The molecule has 0 fully saturated rings. The number of nitrogens with zero attached hydrogens (tertiary/aromatic N) is 2. The van der Waals surface area contributed by atoms with E-state index in [1.54, 1.807) is 6.20 Å². The van der Waals surface area contributed by atoms with Gasteiger partial charge in [0.15, 0.2) is 0 Å². The van der Waals surface area contributed by atoms with E-state index >= 15 is 0 Å². The Morgan fingerprint density at radius 1 is 1.36 bits per heavy atom. The number of rotatable bonds is 0. The minimum absolute atomic E-state index is 0.724. The van der Waals surface area contributed by atoms with Crippen molar-refractivity contribution >= 4 is 17.2 Å². The standard InChI is InChI=1S/C11H7ClN2/c12-9-3-1-2-7-8-6-13-5-4-10(8)14-11(7)9/h1,3-6H,2H2. The maximum absolute atomic E-state index is 6.07. The Balaban J connectivity index is 2.46. The van der Waals surface area contributed by atoms with Gasteiger partial charge in [-0.05, 0) is 24.1 Å². The highest BCUT2D eigenvalue weighted by molar-refractivity contribution is 6.32. The van der Waals surface area contributed by atoms with Gasteiger partial charge in [0.05, 0.1) is 16.1 Å². The monoisotopic (exact) mass is 202 g/mol. The summed E-state index contributed by atoms with van der Waals surface area (Å²) in [5.41, 5.74) is 2.11. The van der Waals surface area contributed by atoms with Crippen LogP contribution in [0.5, 0.6) is 0 Å². The van der Waals surface area contributed by atoms with E-state index in [2.05, 4.69) is 16.1 Å². The predicted molar refractivity (Wildman–Crippen MR) is 55.1 cm³/mol. The van der Waals surface area contributed by atoms with Crippen LogP contribution in [0.2, 0.25) is 0 Å². The summed E-state index contributed by atoms with van der Waals surface area (Å²) in [5, 5.41) is 2.82. The molecular weight excluding hydrogens is 196 g/mol. The first-order chi connectivity index (χ1) is 6.86. The van der Waals surface area contributed by atoms with Gasteiger partial charge in [-0.3, -0.25) is 4.98 Å². The van der Waals surface area contributed by atoms with Crippen LogP contribution >= 0.6 is 11.6 Å². The minimum Gasteiger partial charge on any atom is -0.264 e. The van der Waals surface area contributed by atoms with Crippen LogP contribution < -0.4 is 10.6 Å². The summed E-state index contributed by atoms with van der Waals surface area (Å²) in [7, 11) is 0. The molecule has 1 aromatic heterocycles. The highest BCUT2D eigenvalue weighted by Gasteiger charge is 2.17. The Hall–Kier alpha value is -1.41. The zero-order valence-electron chi connectivity index (χ0n) is 7.37. The lowest BCUT2D eigenvalue weighted by Gasteiger charge is -2.06. The molecule has 0 spiro atoms. The molecule has 0 amide bonds. The van der Waals surface area contributed by atoms with Gasteiger partial charge < -0.3 is 0 Å². The Morgan fingerprint density at radius 2 is 2.29 bits per heavy atom. The molecule has 0 atom stereocenters. The molecule has 0 unspecified atom stereocenters. The zero-order chi connectivity index (χ0) is 9.54. The van der Waals surface area contributed by atoms with Crippen molar-refractivity contribution in [3.63, 3.8) is 0 Å². The predicted octanol–water partition coefficient (Wildman–Crippen LogP) is 1.28. The number of hydrogen-bond acceptors (Lipinski definition) is 2. The highest BCUT2D eigenvalue weighted by atomic mass is 35.5. The maximum Gasteiger partial charge on any atom is 0.0865 e. The summed E-state index contributed by atoms with van der Waals surface area (Å²) in [6.07, 6.45) is 8.46. The number of pyridine rings is 1. The largest absolute Gasteiger partial charge is 0.264 e. The van der Waals surface area contributed by atoms with Gasteiger partial charge in [-0.1, -0.05) is 17.7 Å². The third kappa shape index (κ3) is 0.976. The summed E-state index contributed by atoms with van der Waals surface area (Å²) in [6, 6.07) is 1.91. The van der Waals surface area contributed by atoms with Crippen LogP contribution in [0.15, 0.2) is 46.3 Å². The first kappa shape index (κ1) is 7.94. The van der Waals surface area contributed by atoms with Gasteiger partial charge in [0, 0.05) is 17.6 Å². The van der Waals surface area contributed by atoms with Crippen LogP contribution in [-0.2, 0) is 0 Å². The van der Waals surface area contributed by atoms with E-state index in [0.29, 0.717) is 0 Å². The van der Waals surface area contributed by atoms with Gasteiger partial charge in [-0.2, -0.15) is 0 Å². The molecule has 0 aromatic carbocycles. The summed E-state index contributed by atoms with van der Waals surface area (Å²) >= 11 is 6.07. The SMILES string of the molecule is ClC1=C2N=c3ccncc3=C2CC=C1. The number of fused-ring (bicyclic) bond motifs is 2. The van der Waals surface area contributed by atoms with E-state index in [1.807, 2.05) is 18.3 Å². The van der Waals surface area contributed by atoms with Crippen LogP contribution in [0.4, 0.5) is 0 Å². The molecule has 1 aliphatic carbocycles. The van der Waals surface area contributed by atoms with Crippen molar-refractivity contribution in [3.05, 3.63) is 51.9 Å². The summed E-state index contributed by atoms with van der Waals surface area (Å²) in [6.45, 7) is 0. The number of allylic oxidation sites excluding steroid dienone is 4. The molecular formula is C11H7ClN2. The lowest BCUT2D eigenvalue weighted by Crippen LogP contribution is -2.23. The molecule has 2 heterocycles. The Kier molecular flexibility index (Phi) is 1.58. The molecule has 0 radical (unpaired) electrons. The van der Waals surface area contributed by atoms with Crippen LogP contribution in [0.25, 0.3) is 5.57 Å². The van der Waals surface area contributed by atoms with Gasteiger partial charge in [-0.15, -0.1) is 0 Å². The van der Waals surface area contributed by atoms with Crippen LogP contribution in [-0.4, -0.2) is 4.98 Å². The van der Waals surface area contributed by atoms with Gasteiger partial charge in [0.2, 0.25) is 0 Å². The fourth-order valence-electron chi connectivity index (χ4n) is 1.80. The van der Waals surface area contributed by atoms with Gasteiger partial charge in [-0.25, -0.2) is 4.99 Å². The zero-order valence-corrected chi connectivity index (χ0v) is 8.12. The van der Waals surface area contributed by atoms with E-state index < -0.39 is 0 Å². The Bertz CT molecular complexity index is 582. The van der Waals surface area contributed by atoms with E-state index in [-0.39, 0.29) is 0 Å². The van der Waals surface area contributed by atoms with E-state index in [0.717, 1.165) is 27.7 Å². The van der Waals surface area contributed by atoms with Gasteiger partial charge in [0.1, 0.15) is 0 Å². The molecule has 1 aliphatic heterocycles.